The molecule has 0 saturated carbocycles. The van der Waals surface area contributed by atoms with Gasteiger partial charge in [0.25, 0.3) is 5.91 Å². The zero-order valence-electron chi connectivity index (χ0n) is 10.8. The van der Waals surface area contributed by atoms with Crippen molar-refractivity contribution in [1.29, 1.82) is 0 Å². The molecule has 0 unspecified atom stereocenters. The first-order valence-corrected chi connectivity index (χ1v) is 6.37. The van der Waals surface area contributed by atoms with Crippen LogP contribution in [0.4, 0.5) is 5.69 Å². The molecule has 0 atom stereocenters. The van der Waals surface area contributed by atoms with E-state index in [1.807, 2.05) is 49.4 Å². The van der Waals surface area contributed by atoms with E-state index in [-0.39, 0.29) is 5.91 Å². The number of carbonyl (C=O) groups is 1. The normalized spacial score (nSPS) is 12.7. The quantitative estimate of drug-likeness (QED) is 0.892. The van der Waals surface area contributed by atoms with E-state index in [1.54, 1.807) is 0 Å². The van der Waals surface area contributed by atoms with Crippen molar-refractivity contribution in [2.75, 3.05) is 11.9 Å². The molecule has 3 rings (SSSR count). The molecule has 1 aliphatic rings. The Bertz CT molecular complexity index is 634. The number of amides is 1. The van der Waals surface area contributed by atoms with Crippen molar-refractivity contribution in [1.82, 2.24) is 0 Å². The minimum Gasteiger partial charge on any atom is -0.493 e. The van der Waals surface area contributed by atoms with Crippen molar-refractivity contribution in [3.05, 3.63) is 59.2 Å². The Morgan fingerprint density at radius 2 is 2.05 bits per heavy atom. The van der Waals surface area contributed by atoms with Crippen LogP contribution in [0.5, 0.6) is 5.75 Å². The largest absolute Gasteiger partial charge is 0.493 e. The van der Waals surface area contributed by atoms with E-state index in [0.29, 0.717) is 5.56 Å². The highest BCUT2D eigenvalue weighted by Crippen LogP contribution is 2.28. The summed E-state index contributed by atoms with van der Waals surface area (Å²) in [4.78, 5) is 12.2. The molecule has 96 valence electrons. The van der Waals surface area contributed by atoms with E-state index in [9.17, 15) is 4.79 Å². The maximum absolute atomic E-state index is 12.2. The molecule has 2 aromatic rings. The molecule has 1 heterocycles. The number of hydrogen-bond acceptors (Lipinski definition) is 2. The highest BCUT2D eigenvalue weighted by Gasteiger charge is 2.14. The standard InChI is InChI=1S/C16H15NO2/c1-11-4-2-3-5-14(11)16(18)17-13-6-7-15-12(10-13)8-9-19-15/h2-7,10H,8-9H2,1H3,(H,17,18). The number of aryl methyl sites for hydroxylation is 1. The first-order chi connectivity index (χ1) is 9.24. The van der Waals surface area contributed by atoms with E-state index in [4.69, 9.17) is 4.74 Å². The van der Waals surface area contributed by atoms with E-state index in [2.05, 4.69) is 5.32 Å². The average Bonchev–Trinajstić information content (AvgIpc) is 2.86. The van der Waals surface area contributed by atoms with Crippen molar-refractivity contribution in [3.63, 3.8) is 0 Å². The zero-order chi connectivity index (χ0) is 13.2. The summed E-state index contributed by atoms with van der Waals surface area (Å²) in [6.07, 6.45) is 0.906. The van der Waals surface area contributed by atoms with Gasteiger partial charge in [-0.05, 0) is 42.3 Å². The van der Waals surface area contributed by atoms with Gasteiger partial charge in [-0.25, -0.2) is 0 Å². The molecule has 0 aliphatic carbocycles. The molecule has 0 spiro atoms. The van der Waals surface area contributed by atoms with Crippen molar-refractivity contribution >= 4 is 11.6 Å². The van der Waals surface area contributed by atoms with Crippen molar-refractivity contribution in [3.8, 4) is 5.75 Å². The lowest BCUT2D eigenvalue weighted by Crippen LogP contribution is -2.13. The molecule has 2 aromatic carbocycles. The fourth-order valence-electron chi connectivity index (χ4n) is 2.29. The van der Waals surface area contributed by atoms with Crippen LogP contribution in [0, 0.1) is 6.92 Å². The molecule has 1 amide bonds. The molecule has 0 fully saturated rings. The van der Waals surface area contributed by atoms with Crippen LogP contribution < -0.4 is 10.1 Å². The van der Waals surface area contributed by atoms with Gasteiger partial charge in [0.1, 0.15) is 5.75 Å². The molecule has 0 aromatic heterocycles. The summed E-state index contributed by atoms with van der Waals surface area (Å²) in [5.74, 6) is 0.853. The number of anilines is 1. The lowest BCUT2D eigenvalue weighted by molar-refractivity contribution is 0.102. The smallest absolute Gasteiger partial charge is 0.255 e. The number of carbonyl (C=O) groups excluding carboxylic acids is 1. The van der Waals surface area contributed by atoms with Crippen LogP contribution in [-0.4, -0.2) is 12.5 Å². The third-order valence-corrected chi connectivity index (χ3v) is 3.34. The first-order valence-electron chi connectivity index (χ1n) is 6.37. The number of fused-ring (bicyclic) bond motifs is 1. The summed E-state index contributed by atoms with van der Waals surface area (Å²) < 4.78 is 5.45. The van der Waals surface area contributed by atoms with E-state index in [0.717, 1.165) is 35.6 Å². The fourth-order valence-corrected chi connectivity index (χ4v) is 2.29. The summed E-state index contributed by atoms with van der Waals surface area (Å²) >= 11 is 0. The Kier molecular flexibility index (Phi) is 2.95. The van der Waals surface area contributed by atoms with Crippen LogP contribution in [0.3, 0.4) is 0 Å². The Morgan fingerprint density at radius 3 is 2.89 bits per heavy atom. The van der Waals surface area contributed by atoms with Gasteiger partial charge < -0.3 is 10.1 Å². The summed E-state index contributed by atoms with van der Waals surface area (Å²) in [6.45, 7) is 2.66. The van der Waals surface area contributed by atoms with Gasteiger partial charge in [-0.15, -0.1) is 0 Å². The Labute approximate surface area is 112 Å². The van der Waals surface area contributed by atoms with Crippen LogP contribution in [0.1, 0.15) is 21.5 Å². The number of hydrogen-bond donors (Lipinski definition) is 1. The van der Waals surface area contributed by atoms with Gasteiger partial charge in [-0.2, -0.15) is 0 Å². The summed E-state index contributed by atoms with van der Waals surface area (Å²) in [5.41, 5.74) is 3.66. The van der Waals surface area contributed by atoms with Crippen LogP contribution in [0.25, 0.3) is 0 Å². The molecule has 0 saturated heterocycles. The number of benzene rings is 2. The van der Waals surface area contributed by atoms with Crippen LogP contribution in [0.2, 0.25) is 0 Å². The van der Waals surface area contributed by atoms with Gasteiger partial charge >= 0.3 is 0 Å². The van der Waals surface area contributed by atoms with E-state index < -0.39 is 0 Å². The summed E-state index contributed by atoms with van der Waals surface area (Å²) in [6, 6.07) is 13.3. The number of ether oxygens (including phenoxy) is 1. The Morgan fingerprint density at radius 1 is 1.21 bits per heavy atom. The third-order valence-electron chi connectivity index (χ3n) is 3.34. The highest BCUT2D eigenvalue weighted by molar-refractivity contribution is 6.05. The molecule has 3 heteroatoms. The molecular weight excluding hydrogens is 238 g/mol. The van der Waals surface area contributed by atoms with Crippen molar-refractivity contribution in [2.24, 2.45) is 0 Å². The van der Waals surface area contributed by atoms with Gasteiger partial charge in [0.15, 0.2) is 0 Å². The number of rotatable bonds is 2. The van der Waals surface area contributed by atoms with Crippen molar-refractivity contribution < 1.29 is 9.53 Å². The predicted molar refractivity (Wildman–Crippen MR) is 74.8 cm³/mol. The van der Waals surface area contributed by atoms with Gasteiger partial charge in [-0.1, -0.05) is 18.2 Å². The monoisotopic (exact) mass is 253 g/mol. The second-order valence-corrected chi connectivity index (χ2v) is 4.69. The van der Waals surface area contributed by atoms with Crippen LogP contribution in [0.15, 0.2) is 42.5 Å². The second-order valence-electron chi connectivity index (χ2n) is 4.69. The van der Waals surface area contributed by atoms with Crippen LogP contribution in [-0.2, 0) is 6.42 Å². The van der Waals surface area contributed by atoms with Gasteiger partial charge in [0, 0.05) is 17.7 Å². The minimum absolute atomic E-state index is 0.0723. The van der Waals surface area contributed by atoms with Gasteiger partial charge in [0.05, 0.1) is 6.61 Å². The predicted octanol–water partition coefficient (Wildman–Crippen LogP) is 3.18. The number of nitrogens with one attached hydrogen (secondary N) is 1. The van der Waals surface area contributed by atoms with Gasteiger partial charge in [0.2, 0.25) is 0 Å². The molecular formula is C16H15NO2. The second kappa shape index (κ2) is 4.76. The highest BCUT2D eigenvalue weighted by atomic mass is 16.5. The van der Waals surface area contributed by atoms with E-state index >= 15 is 0 Å². The lowest BCUT2D eigenvalue weighted by Gasteiger charge is -2.08. The van der Waals surface area contributed by atoms with Gasteiger partial charge in [-0.3, -0.25) is 4.79 Å². The molecule has 1 N–H and O–H groups in total. The molecule has 0 radical (unpaired) electrons. The third kappa shape index (κ3) is 2.32. The molecule has 1 aliphatic heterocycles. The van der Waals surface area contributed by atoms with E-state index in [1.165, 1.54) is 0 Å². The maximum atomic E-state index is 12.2. The average molecular weight is 253 g/mol. The zero-order valence-corrected chi connectivity index (χ0v) is 10.8. The first kappa shape index (κ1) is 11.8. The topological polar surface area (TPSA) is 38.3 Å². The minimum atomic E-state index is -0.0723. The Balaban J connectivity index is 1.82. The fraction of sp³-hybridized carbons (Fsp3) is 0.188. The van der Waals surface area contributed by atoms with Crippen molar-refractivity contribution in [2.45, 2.75) is 13.3 Å². The maximum Gasteiger partial charge on any atom is 0.255 e. The Hall–Kier alpha value is -2.29. The molecule has 3 nitrogen and oxygen atoms in total. The SMILES string of the molecule is Cc1ccccc1C(=O)Nc1ccc2c(c1)CCO2. The van der Waals surface area contributed by atoms with Crippen LogP contribution >= 0.6 is 0 Å². The molecule has 0 bridgehead atoms. The summed E-state index contributed by atoms with van der Waals surface area (Å²) in [7, 11) is 0. The summed E-state index contributed by atoms with van der Waals surface area (Å²) in [5, 5.41) is 2.93. The molecule has 19 heavy (non-hydrogen) atoms. The lowest BCUT2D eigenvalue weighted by atomic mass is 10.1.